The summed E-state index contributed by atoms with van der Waals surface area (Å²) >= 11 is 6.06. The first kappa shape index (κ1) is 20.9. The molecule has 2 fully saturated rings. The maximum Gasteiger partial charge on any atom is 0.242 e. The predicted molar refractivity (Wildman–Crippen MR) is 114 cm³/mol. The Labute approximate surface area is 182 Å². The zero-order valence-electron chi connectivity index (χ0n) is 17.2. The van der Waals surface area contributed by atoms with E-state index in [1.807, 2.05) is 29.2 Å². The average Bonchev–Trinajstić information content (AvgIpc) is 3.11. The van der Waals surface area contributed by atoms with E-state index in [2.05, 4.69) is 4.98 Å². The number of nitrogens with zero attached hydrogens (tertiary/aromatic N) is 3. The molecule has 1 aromatic carbocycles. The SMILES string of the molecule is O=C1CCCCCN1CC(=O)N1CCC[C@H](c2ncc(Cc3cccc(Cl)c3)o2)C1. The van der Waals surface area contributed by atoms with Crippen LogP contribution in [0.3, 0.4) is 0 Å². The second-order valence-electron chi connectivity index (χ2n) is 8.28. The number of carbonyl (C=O) groups excluding carboxylic acids is 2. The minimum Gasteiger partial charge on any atom is -0.445 e. The van der Waals surface area contributed by atoms with Crippen molar-refractivity contribution in [2.24, 2.45) is 0 Å². The van der Waals surface area contributed by atoms with Gasteiger partial charge >= 0.3 is 0 Å². The number of rotatable bonds is 5. The Morgan fingerprint density at radius 1 is 1.20 bits per heavy atom. The van der Waals surface area contributed by atoms with Gasteiger partial charge in [-0.15, -0.1) is 0 Å². The predicted octanol–water partition coefficient (Wildman–Crippen LogP) is 4.03. The molecule has 2 aliphatic heterocycles. The van der Waals surface area contributed by atoms with Crippen LogP contribution >= 0.6 is 11.6 Å². The number of carbonyl (C=O) groups is 2. The first-order chi connectivity index (χ1) is 14.6. The van der Waals surface area contributed by atoms with Crippen LogP contribution in [-0.2, 0) is 16.0 Å². The maximum atomic E-state index is 12.8. The van der Waals surface area contributed by atoms with E-state index in [-0.39, 0.29) is 24.3 Å². The van der Waals surface area contributed by atoms with Crippen molar-refractivity contribution in [3.63, 3.8) is 0 Å². The van der Waals surface area contributed by atoms with Crippen LogP contribution in [0.5, 0.6) is 0 Å². The number of hydrogen-bond acceptors (Lipinski definition) is 4. The van der Waals surface area contributed by atoms with Crippen molar-refractivity contribution in [3.05, 3.63) is 52.7 Å². The fourth-order valence-corrected chi connectivity index (χ4v) is 4.53. The summed E-state index contributed by atoms with van der Waals surface area (Å²) < 4.78 is 6.02. The van der Waals surface area contributed by atoms with Gasteiger partial charge in [0.25, 0.3) is 0 Å². The Hall–Kier alpha value is -2.34. The largest absolute Gasteiger partial charge is 0.445 e. The zero-order valence-corrected chi connectivity index (χ0v) is 17.9. The van der Waals surface area contributed by atoms with Gasteiger partial charge in [-0.2, -0.15) is 0 Å². The van der Waals surface area contributed by atoms with Gasteiger partial charge in [0.05, 0.1) is 18.7 Å². The van der Waals surface area contributed by atoms with Crippen LogP contribution < -0.4 is 0 Å². The van der Waals surface area contributed by atoms with E-state index < -0.39 is 0 Å². The lowest BCUT2D eigenvalue weighted by molar-refractivity contribution is -0.141. The van der Waals surface area contributed by atoms with Gasteiger partial charge in [-0.05, 0) is 43.4 Å². The molecule has 0 spiro atoms. The maximum absolute atomic E-state index is 12.8. The molecule has 2 aliphatic rings. The summed E-state index contributed by atoms with van der Waals surface area (Å²) in [5.41, 5.74) is 1.08. The van der Waals surface area contributed by atoms with E-state index in [4.69, 9.17) is 16.0 Å². The second-order valence-corrected chi connectivity index (χ2v) is 8.71. The molecule has 0 N–H and O–H groups in total. The highest BCUT2D eigenvalue weighted by molar-refractivity contribution is 6.30. The molecule has 30 heavy (non-hydrogen) atoms. The van der Waals surface area contributed by atoms with Crippen molar-refractivity contribution < 1.29 is 14.0 Å². The van der Waals surface area contributed by atoms with Crippen LogP contribution in [-0.4, -0.2) is 52.8 Å². The number of hydrogen-bond donors (Lipinski definition) is 0. The van der Waals surface area contributed by atoms with Crippen LogP contribution in [0.25, 0.3) is 0 Å². The van der Waals surface area contributed by atoms with Crippen molar-refractivity contribution in [3.8, 4) is 0 Å². The van der Waals surface area contributed by atoms with E-state index in [1.54, 1.807) is 11.1 Å². The molecule has 0 aliphatic carbocycles. The molecular formula is C23H28ClN3O3. The van der Waals surface area contributed by atoms with E-state index in [1.165, 1.54) is 0 Å². The summed E-state index contributed by atoms with van der Waals surface area (Å²) in [6, 6.07) is 7.71. The summed E-state index contributed by atoms with van der Waals surface area (Å²) in [5.74, 6) is 1.71. The van der Waals surface area contributed by atoms with Crippen LogP contribution in [0.15, 0.2) is 34.9 Å². The van der Waals surface area contributed by atoms with Gasteiger partial charge < -0.3 is 14.2 Å². The van der Waals surface area contributed by atoms with E-state index in [0.29, 0.717) is 36.8 Å². The highest BCUT2D eigenvalue weighted by Gasteiger charge is 2.29. The van der Waals surface area contributed by atoms with Gasteiger partial charge in [0.15, 0.2) is 5.89 Å². The van der Waals surface area contributed by atoms with E-state index in [9.17, 15) is 9.59 Å². The molecule has 0 unspecified atom stereocenters. The van der Waals surface area contributed by atoms with Gasteiger partial charge in [-0.25, -0.2) is 4.98 Å². The molecule has 2 saturated heterocycles. The summed E-state index contributed by atoms with van der Waals surface area (Å²) in [5, 5.41) is 0.705. The van der Waals surface area contributed by atoms with Crippen LogP contribution in [0.2, 0.25) is 5.02 Å². The lowest BCUT2D eigenvalue weighted by atomic mass is 9.98. The lowest BCUT2D eigenvalue weighted by Gasteiger charge is -2.33. The van der Waals surface area contributed by atoms with Crippen LogP contribution in [0.1, 0.15) is 61.7 Å². The Balaban J connectivity index is 1.36. The normalized spacial score (nSPS) is 20.3. The monoisotopic (exact) mass is 429 g/mol. The molecule has 0 saturated carbocycles. The molecule has 3 heterocycles. The summed E-state index contributed by atoms with van der Waals surface area (Å²) in [6.07, 6.45) is 7.79. The summed E-state index contributed by atoms with van der Waals surface area (Å²) in [6.45, 7) is 2.21. The molecule has 1 aromatic heterocycles. The smallest absolute Gasteiger partial charge is 0.242 e. The zero-order chi connectivity index (χ0) is 20.9. The Morgan fingerprint density at radius 2 is 2.10 bits per heavy atom. The van der Waals surface area contributed by atoms with Crippen LogP contribution in [0, 0.1) is 0 Å². The molecule has 2 amide bonds. The number of oxazole rings is 1. The van der Waals surface area contributed by atoms with Gasteiger partial charge in [0, 0.05) is 37.5 Å². The summed E-state index contributed by atoms with van der Waals surface area (Å²) in [4.78, 5) is 33.1. The van der Waals surface area contributed by atoms with E-state index >= 15 is 0 Å². The first-order valence-electron chi connectivity index (χ1n) is 10.8. The van der Waals surface area contributed by atoms with Gasteiger partial charge in [-0.3, -0.25) is 9.59 Å². The Morgan fingerprint density at radius 3 is 2.97 bits per heavy atom. The van der Waals surface area contributed by atoms with Crippen molar-refractivity contribution in [1.82, 2.24) is 14.8 Å². The second kappa shape index (κ2) is 9.65. The van der Waals surface area contributed by atoms with Crippen molar-refractivity contribution in [2.75, 3.05) is 26.2 Å². The fourth-order valence-electron chi connectivity index (χ4n) is 4.32. The van der Waals surface area contributed by atoms with Crippen LogP contribution in [0.4, 0.5) is 0 Å². The molecule has 6 nitrogen and oxygen atoms in total. The number of amides is 2. The Kier molecular flexibility index (Phi) is 6.72. The molecule has 7 heteroatoms. The van der Waals surface area contributed by atoms with Gasteiger partial charge in [0.2, 0.25) is 11.8 Å². The minimum absolute atomic E-state index is 0.0284. The number of likely N-dealkylation sites (tertiary alicyclic amines) is 2. The van der Waals surface area contributed by atoms with Crippen molar-refractivity contribution in [2.45, 2.75) is 50.9 Å². The van der Waals surface area contributed by atoms with Crippen molar-refractivity contribution >= 4 is 23.4 Å². The third kappa shape index (κ3) is 5.22. The molecule has 0 radical (unpaired) electrons. The van der Waals surface area contributed by atoms with Gasteiger partial charge in [0.1, 0.15) is 5.76 Å². The highest BCUT2D eigenvalue weighted by atomic mass is 35.5. The topological polar surface area (TPSA) is 66.7 Å². The number of benzene rings is 1. The fraction of sp³-hybridized carbons (Fsp3) is 0.522. The third-order valence-electron chi connectivity index (χ3n) is 5.96. The standard InChI is InChI=1S/C23H28ClN3O3/c24-19-8-4-6-17(12-19)13-20-14-25-23(30-20)18-7-5-11-26(15-18)22(29)16-27-10-3-1-2-9-21(27)28/h4,6,8,12,14,18H,1-3,5,7,9-11,13,15-16H2/t18-/m0/s1. The number of piperidine rings is 1. The summed E-state index contributed by atoms with van der Waals surface area (Å²) in [7, 11) is 0. The van der Waals surface area contributed by atoms with Crippen molar-refractivity contribution in [1.29, 1.82) is 0 Å². The Bertz CT molecular complexity index is 897. The lowest BCUT2D eigenvalue weighted by Crippen LogP contribution is -2.46. The molecular weight excluding hydrogens is 402 g/mol. The molecule has 1 atom stereocenters. The minimum atomic E-state index is 0.0284. The molecule has 2 aromatic rings. The number of aromatic nitrogens is 1. The highest BCUT2D eigenvalue weighted by Crippen LogP contribution is 2.28. The third-order valence-corrected chi connectivity index (χ3v) is 6.19. The molecule has 4 rings (SSSR count). The quantitative estimate of drug-likeness (QED) is 0.719. The average molecular weight is 430 g/mol. The molecule has 0 bridgehead atoms. The first-order valence-corrected chi connectivity index (χ1v) is 11.2. The molecule has 160 valence electrons. The van der Waals surface area contributed by atoms with E-state index in [0.717, 1.165) is 50.0 Å². The number of halogens is 1. The van der Waals surface area contributed by atoms with Gasteiger partial charge in [-0.1, -0.05) is 30.2 Å².